The average Bonchev–Trinajstić information content (AvgIpc) is 3.01. The highest BCUT2D eigenvalue weighted by atomic mass is 32.2. The Morgan fingerprint density at radius 3 is 2.43 bits per heavy atom. The number of aromatic nitrogens is 2. The number of carbonyl (C=O) groups excluding carboxylic acids is 1. The molecule has 0 saturated heterocycles. The van der Waals surface area contributed by atoms with Crippen molar-refractivity contribution in [1.82, 2.24) is 9.55 Å². The molecule has 0 bridgehead atoms. The van der Waals surface area contributed by atoms with Crippen LogP contribution in [0.25, 0.3) is 11.1 Å². The van der Waals surface area contributed by atoms with E-state index in [4.69, 9.17) is 4.74 Å². The number of rotatable bonds is 10. The topological polar surface area (TPSA) is 139 Å². The third-order valence-electron chi connectivity index (χ3n) is 7.06. The van der Waals surface area contributed by atoms with Crippen LogP contribution in [-0.4, -0.2) is 36.2 Å². The van der Waals surface area contributed by atoms with Crippen LogP contribution in [0.3, 0.4) is 0 Å². The molecule has 0 aliphatic carbocycles. The molecule has 0 aliphatic heterocycles. The van der Waals surface area contributed by atoms with Crippen LogP contribution in [0.1, 0.15) is 66.5 Å². The Bertz CT molecular complexity index is 1820. The summed E-state index contributed by atoms with van der Waals surface area (Å²) < 4.78 is 33.9. The predicted molar refractivity (Wildman–Crippen MR) is 157 cm³/mol. The second kappa shape index (κ2) is 12.8. The molecule has 0 spiro atoms. The fourth-order valence-corrected chi connectivity index (χ4v) is 6.30. The molecule has 1 atom stereocenters. The summed E-state index contributed by atoms with van der Waals surface area (Å²) in [5, 5.41) is 20.3. The molecule has 0 radical (unpaired) electrons. The number of aromatic hydroxyl groups is 1. The molecule has 42 heavy (non-hydrogen) atoms. The zero-order valence-electron chi connectivity index (χ0n) is 23.6. The van der Waals surface area contributed by atoms with Gasteiger partial charge in [-0.1, -0.05) is 62.7 Å². The van der Waals surface area contributed by atoms with Crippen molar-refractivity contribution in [2.45, 2.75) is 55.4 Å². The van der Waals surface area contributed by atoms with Crippen molar-refractivity contribution in [1.29, 1.82) is 5.26 Å². The summed E-state index contributed by atoms with van der Waals surface area (Å²) in [7, 11) is -3.24. The van der Waals surface area contributed by atoms with Crippen LogP contribution >= 0.6 is 0 Å². The Morgan fingerprint density at radius 2 is 1.79 bits per heavy atom. The molecule has 216 valence electrons. The van der Waals surface area contributed by atoms with Crippen molar-refractivity contribution in [3.8, 4) is 23.1 Å². The minimum absolute atomic E-state index is 0.219. The maximum Gasteiger partial charge on any atom is 0.338 e. The number of hydrogen-bond acceptors (Lipinski definition) is 8. The van der Waals surface area contributed by atoms with Gasteiger partial charge >= 0.3 is 5.97 Å². The van der Waals surface area contributed by atoms with Crippen LogP contribution in [-0.2, 0) is 21.0 Å². The van der Waals surface area contributed by atoms with E-state index >= 15 is 0 Å². The number of nitriles is 1. The van der Waals surface area contributed by atoms with E-state index in [0.29, 0.717) is 47.1 Å². The molecule has 0 aliphatic rings. The van der Waals surface area contributed by atoms with Gasteiger partial charge in [0.05, 0.1) is 35.2 Å². The summed E-state index contributed by atoms with van der Waals surface area (Å²) in [4.78, 5) is 29.5. The first kappa shape index (κ1) is 30.2. The van der Waals surface area contributed by atoms with Crippen molar-refractivity contribution in [2.75, 3.05) is 7.11 Å². The molecule has 0 fully saturated rings. The minimum Gasteiger partial charge on any atom is -0.492 e. The van der Waals surface area contributed by atoms with E-state index in [9.17, 15) is 28.4 Å². The summed E-state index contributed by atoms with van der Waals surface area (Å²) in [5.41, 5.74) is 1.60. The number of nitrogens with zero attached hydrogens (tertiary/aromatic N) is 3. The highest BCUT2D eigenvalue weighted by Crippen LogP contribution is 2.31. The predicted octanol–water partition coefficient (Wildman–Crippen LogP) is 5.45. The summed E-state index contributed by atoms with van der Waals surface area (Å²) >= 11 is 0. The SMILES string of the molecule is CCCCc1nc(O)c(S(=O)(=O)c2ccc(-c3ccccc3C(=O)OC)cc2)c(=O)n1C(CC)c1cccc(C#N)c1. The molecule has 1 unspecified atom stereocenters. The second-order valence-corrected chi connectivity index (χ2v) is 11.6. The van der Waals surface area contributed by atoms with Gasteiger partial charge in [0.15, 0.2) is 4.90 Å². The van der Waals surface area contributed by atoms with Gasteiger partial charge in [-0.05, 0) is 59.9 Å². The largest absolute Gasteiger partial charge is 0.492 e. The monoisotopic (exact) mass is 585 g/mol. The van der Waals surface area contributed by atoms with Crippen molar-refractivity contribution in [3.63, 3.8) is 0 Å². The standard InChI is InChI=1S/C32H31N3O6S/c1-4-6-14-28-34-30(36)29(31(37)35(28)27(5-2)23-11-9-10-21(19-23)20-33)42(39,40)24-17-15-22(16-18-24)25-12-7-8-13-26(25)32(38)41-3/h7-13,15-19,27,36H,4-6,14H2,1-3H3. The van der Waals surface area contributed by atoms with Crippen LogP contribution in [0, 0.1) is 11.3 Å². The highest BCUT2D eigenvalue weighted by Gasteiger charge is 2.31. The van der Waals surface area contributed by atoms with Gasteiger partial charge in [-0.15, -0.1) is 0 Å². The normalized spacial score (nSPS) is 12.0. The van der Waals surface area contributed by atoms with Crippen LogP contribution in [0.5, 0.6) is 5.88 Å². The lowest BCUT2D eigenvalue weighted by atomic mass is 10.00. The summed E-state index contributed by atoms with van der Waals surface area (Å²) in [6.45, 7) is 3.83. The molecule has 1 N–H and O–H groups in total. The fraction of sp³-hybridized carbons (Fsp3) is 0.250. The molecule has 4 rings (SSSR count). The van der Waals surface area contributed by atoms with Crippen LogP contribution in [0.4, 0.5) is 0 Å². The molecule has 0 saturated carbocycles. The molecule has 1 aromatic heterocycles. The first-order valence-corrected chi connectivity index (χ1v) is 15.0. The third kappa shape index (κ3) is 5.83. The van der Waals surface area contributed by atoms with E-state index in [1.807, 2.05) is 13.8 Å². The lowest BCUT2D eigenvalue weighted by molar-refractivity contribution is 0.0601. The van der Waals surface area contributed by atoms with E-state index in [0.717, 1.165) is 6.42 Å². The Morgan fingerprint density at radius 1 is 1.07 bits per heavy atom. The molecular weight excluding hydrogens is 554 g/mol. The van der Waals surface area contributed by atoms with Gasteiger partial charge in [-0.2, -0.15) is 10.2 Å². The second-order valence-electron chi connectivity index (χ2n) is 9.69. The van der Waals surface area contributed by atoms with Crippen LogP contribution in [0.2, 0.25) is 0 Å². The maximum absolute atomic E-state index is 14.0. The van der Waals surface area contributed by atoms with E-state index in [-0.39, 0.29) is 10.7 Å². The van der Waals surface area contributed by atoms with Gasteiger partial charge in [-0.25, -0.2) is 13.2 Å². The van der Waals surface area contributed by atoms with Crippen molar-refractivity contribution >= 4 is 15.8 Å². The lowest BCUT2D eigenvalue weighted by Crippen LogP contribution is -2.33. The number of unbranched alkanes of at least 4 members (excludes halogenated alkanes) is 1. The van der Waals surface area contributed by atoms with Crippen LogP contribution in [0.15, 0.2) is 87.4 Å². The molecule has 4 aromatic rings. The maximum atomic E-state index is 14.0. The fourth-order valence-electron chi connectivity index (χ4n) is 4.95. The van der Waals surface area contributed by atoms with Gasteiger partial charge in [0.2, 0.25) is 15.7 Å². The summed E-state index contributed by atoms with van der Waals surface area (Å²) in [6, 6.07) is 20.7. The van der Waals surface area contributed by atoms with Gasteiger partial charge in [0, 0.05) is 6.42 Å². The minimum atomic E-state index is -4.52. The lowest BCUT2D eigenvalue weighted by Gasteiger charge is -2.23. The quantitative estimate of drug-likeness (QED) is 0.242. The number of esters is 1. The van der Waals surface area contributed by atoms with E-state index < -0.39 is 38.2 Å². The van der Waals surface area contributed by atoms with Crippen molar-refractivity contribution < 1.29 is 23.1 Å². The van der Waals surface area contributed by atoms with Crippen molar-refractivity contribution in [3.05, 3.63) is 106 Å². The summed E-state index contributed by atoms with van der Waals surface area (Å²) in [6.07, 6.45) is 2.22. The molecule has 3 aromatic carbocycles. The first-order valence-electron chi connectivity index (χ1n) is 13.5. The number of aryl methyl sites for hydroxylation is 1. The average molecular weight is 586 g/mol. The number of hydrogen-bond donors (Lipinski definition) is 1. The highest BCUT2D eigenvalue weighted by molar-refractivity contribution is 7.91. The number of methoxy groups -OCH3 is 1. The third-order valence-corrected chi connectivity index (χ3v) is 8.85. The van der Waals surface area contributed by atoms with Gasteiger partial charge < -0.3 is 9.84 Å². The van der Waals surface area contributed by atoms with Gasteiger partial charge in [0.25, 0.3) is 5.56 Å². The number of carbonyl (C=O) groups is 1. The van der Waals surface area contributed by atoms with E-state index in [1.54, 1.807) is 48.5 Å². The van der Waals surface area contributed by atoms with Gasteiger partial charge in [-0.3, -0.25) is 9.36 Å². The number of ether oxygens (including phenoxy) is 1. The Labute approximate surface area is 244 Å². The Balaban J connectivity index is 1.86. The van der Waals surface area contributed by atoms with Gasteiger partial charge in [0.1, 0.15) is 5.82 Å². The van der Waals surface area contributed by atoms with Crippen LogP contribution < -0.4 is 5.56 Å². The number of sulfone groups is 1. The number of benzene rings is 3. The van der Waals surface area contributed by atoms with E-state index in [1.165, 1.54) is 35.9 Å². The van der Waals surface area contributed by atoms with Crippen molar-refractivity contribution in [2.24, 2.45) is 0 Å². The Kier molecular flexibility index (Phi) is 9.23. The van der Waals surface area contributed by atoms with E-state index in [2.05, 4.69) is 11.1 Å². The molecular formula is C32H31N3O6S. The summed E-state index contributed by atoms with van der Waals surface area (Å²) in [5.74, 6) is -1.13. The molecule has 9 nitrogen and oxygen atoms in total. The zero-order valence-corrected chi connectivity index (χ0v) is 24.4. The smallest absolute Gasteiger partial charge is 0.338 e. The Hall–Kier alpha value is -4.75. The molecule has 1 heterocycles. The zero-order chi connectivity index (χ0) is 30.4. The molecule has 0 amide bonds. The first-order chi connectivity index (χ1) is 20.2. The molecule has 10 heteroatoms.